The van der Waals surface area contributed by atoms with Crippen molar-refractivity contribution in [3.05, 3.63) is 59.9 Å². The fourth-order valence-corrected chi connectivity index (χ4v) is 3.51. The number of carbonyl (C=O) groups excluding carboxylic acids is 4. The lowest BCUT2D eigenvalue weighted by Gasteiger charge is -2.25. The number of carboxylic acid groups (broad SMARTS) is 1. The molecule has 1 aromatic heterocycles. The Balaban J connectivity index is 2.09. The maximum atomic E-state index is 13.0. The molecule has 0 spiro atoms. The summed E-state index contributed by atoms with van der Waals surface area (Å²) >= 11 is 0. The van der Waals surface area contributed by atoms with Gasteiger partial charge in [0.2, 0.25) is 17.7 Å². The molecule has 0 fully saturated rings. The van der Waals surface area contributed by atoms with Gasteiger partial charge < -0.3 is 36.5 Å². The molecule has 0 bridgehead atoms. The summed E-state index contributed by atoms with van der Waals surface area (Å²) in [6.45, 7) is 2.56. The number of carbonyl (C=O) groups is 5. The Labute approximate surface area is 214 Å². The molecule has 2 rings (SSSR count). The van der Waals surface area contributed by atoms with Gasteiger partial charge in [-0.1, -0.05) is 44.2 Å². The quantitative estimate of drug-likeness (QED) is 0.187. The SMILES string of the molecule is CC[C@H](NC(=O)C[C@@H](NC(=O)[C@H](CO)NC(=O)[C@H](CC)NC(=O)c1ccc[nH]1)c1ccccc1)C(=O)O. The lowest BCUT2D eigenvalue weighted by atomic mass is 10.0. The third-order valence-electron chi connectivity index (χ3n) is 5.64. The lowest BCUT2D eigenvalue weighted by Crippen LogP contribution is -2.55. The molecule has 200 valence electrons. The van der Waals surface area contributed by atoms with E-state index in [1.807, 2.05) is 0 Å². The van der Waals surface area contributed by atoms with E-state index in [2.05, 4.69) is 26.3 Å². The number of amides is 4. The minimum absolute atomic E-state index is 0.182. The van der Waals surface area contributed by atoms with Crippen molar-refractivity contribution in [1.82, 2.24) is 26.3 Å². The topological polar surface area (TPSA) is 190 Å². The summed E-state index contributed by atoms with van der Waals surface area (Å²) in [6, 6.07) is 7.46. The van der Waals surface area contributed by atoms with Gasteiger partial charge in [0.15, 0.2) is 0 Å². The van der Waals surface area contributed by atoms with Crippen molar-refractivity contribution in [3.8, 4) is 0 Å². The molecule has 4 atom stereocenters. The standard InChI is InChI=1S/C25H33N5O7/c1-3-16(28-23(34)18-11-8-12-26-18)22(33)30-20(14-31)24(35)29-19(15-9-6-5-7-10-15)13-21(32)27-17(4-2)25(36)37/h5-12,16-17,19-20,26,31H,3-4,13-14H2,1-2H3,(H,27,32)(H,28,34)(H,29,35)(H,30,33)(H,36,37)/t16-,17-,19+,20-/m0/s1. The summed E-state index contributed by atoms with van der Waals surface area (Å²) < 4.78 is 0. The molecule has 12 heteroatoms. The highest BCUT2D eigenvalue weighted by Crippen LogP contribution is 2.17. The Morgan fingerprint density at radius 1 is 0.811 bits per heavy atom. The number of aliphatic hydroxyl groups excluding tert-OH is 1. The number of rotatable bonds is 14. The predicted octanol–water partition coefficient (Wildman–Crippen LogP) is 0.227. The number of aliphatic hydroxyl groups is 1. The van der Waals surface area contributed by atoms with Crippen LogP contribution < -0.4 is 21.3 Å². The van der Waals surface area contributed by atoms with Gasteiger partial charge in [-0.3, -0.25) is 19.2 Å². The molecule has 0 unspecified atom stereocenters. The van der Waals surface area contributed by atoms with Gasteiger partial charge in [0.05, 0.1) is 19.1 Å². The van der Waals surface area contributed by atoms with Gasteiger partial charge in [0.1, 0.15) is 23.8 Å². The monoisotopic (exact) mass is 515 g/mol. The number of aromatic amines is 1. The molecule has 0 saturated carbocycles. The van der Waals surface area contributed by atoms with E-state index in [1.165, 1.54) is 0 Å². The maximum absolute atomic E-state index is 13.0. The van der Waals surface area contributed by atoms with E-state index in [9.17, 15) is 34.2 Å². The van der Waals surface area contributed by atoms with Gasteiger partial charge in [-0.25, -0.2) is 4.79 Å². The van der Waals surface area contributed by atoms with E-state index < -0.39 is 60.4 Å². The van der Waals surface area contributed by atoms with Gasteiger partial charge in [0.25, 0.3) is 5.91 Å². The molecule has 0 aliphatic heterocycles. The molecule has 0 radical (unpaired) electrons. The van der Waals surface area contributed by atoms with Gasteiger partial charge >= 0.3 is 5.97 Å². The van der Waals surface area contributed by atoms with Gasteiger partial charge in [0, 0.05) is 6.20 Å². The van der Waals surface area contributed by atoms with E-state index in [0.717, 1.165) is 0 Å². The molecule has 0 saturated heterocycles. The lowest BCUT2D eigenvalue weighted by molar-refractivity contribution is -0.142. The Morgan fingerprint density at radius 2 is 1.46 bits per heavy atom. The second kappa shape index (κ2) is 14.4. The molecule has 2 aromatic rings. The summed E-state index contributed by atoms with van der Waals surface area (Å²) in [6.07, 6.45) is 1.71. The van der Waals surface area contributed by atoms with E-state index in [1.54, 1.807) is 62.5 Å². The van der Waals surface area contributed by atoms with Crippen molar-refractivity contribution in [2.24, 2.45) is 0 Å². The van der Waals surface area contributed by atoms with Crippen molar-refractivity contribution in [1.29, 1.82) is 0 Å². The van der Waals surface area contributed by atoms with E-state index >= 15 is 0 Å². The molecular weight excluding hydrogens is 482 g/mol. The molecule has 7 N–H and O–H groups in total. The number of H-pyrrole nitrogens is 1. The van der Waals surface area contributed by atoms with Crippen molar-refractivity contribution in [2.45, 2.75) is 57.3 Å². The zero-order valence-corrected chi connectivity index (χ0v) is 20.7. The molecule has 1 aromatic carbocycles. The molecule has 0 aliphatic carbocycles. The fourth-order valence-electron chi connectivity index (χ4n) is 3.51. The van der Waals surface area contributed by atoms with E-state index in [0.29, 0.717) is 5.56 Å². The fraction of sp³-hybridized carbons (Fsp3) is 0.400. The molecule has 37 heavy (non-hydrogen) atoms. The van der Waals surface area contributed by atoms with Crippen LogP contribution in [0.15, 0.2) is 48.7 Å². The normalized spacial score (nSPS) is 13.9. The van der Waals surface area contributed by atoms with Crippen LogP contribution in [0.3, 0.4) is 0 Å². The van der Waals surface area contributed by atoms with Crippen LogP contribution in [-0.4, -0.2) is 69.5 Å². The number of aliphatic carboxylic acids is 1. The van der Waals surface area contributed by atoms with Gasteiger partial charge in [-0.2, -0.15) is 0 Å². The van der Waals surface area contributed by atoms with Crippen LogP contribution in [0.25, 0.3) is 0 Å². The second-order valence-corrected chi connectivity index (χ2v) is 8.30. The second-order valence-electron chi connectivity index (χ2n) is 8.30. The van der Waals surface area contributed by atoms with E-state index in [4.69, 9.17) is 0 Å². The zero-order chi connectivity index (χ0) is 27.4. The third-order valence-corrected chi connectivity index (χ3v) is 5.64. The first-order valence-electron chi connectivity index (χ1n) is 11.9. The Bertz CT molecular complexity index is 1060. The molecule has 12 nitrogen and oxygen atoms in total. The van der Waals surface area contributed by atoms with Crippen LogP contribution in [0, 0.1) is 0 Å². The summed E-state index contributed by atoms with van der Waals surface area (Å²) in [5, 5.41) is 29.1. The Morgan fingerprint density at radius 3 is 2.00 bits per heavy atom. The average molecular weight is 516 g/mol. The summed E-state index contributed by atoms with van der Waals surface area (Å²) in [4.78, 5) is 64.6. The highest BCUT2D eigenvalue weighted by molar-refractivity contribution is 5.97. The highest BCUT2D eigenvalue weighted by Gasteiger charge is 2.29. The first-order chi connectivity index (χ1) is 17.7. The first-order valence-corrected chi connectivity index (χ1v) is 11.9. The van der Waals surface area contributed by atoms with E-state index in [-0.39, 0.29) is 25.0 Å². The predicted molar refractivity (Wildman–Crippen MR) is 133 cm³/mol. The number of carboxylic acids is 1. The van der Waals surface area contributed by atoms with Crippen molar-refractivity contribution >= 4 is 29.6 Å². The Kier molecular flexibility index (Phi) is 11.3. The van der Waals surface area contributed by atoms with Crippen LogP contribution in [0.5, 0.6) is 0 Å². The minimum Gasteiger partial charge on any atom is -0.480 e. The van der Waals surface area contributed by atoms with Crippen LogP contribution >= 0.6 is 0 Å². The van der Waals surface area contributed by atoms with Crippen molar-refractivity contribution in [3.63, 3.8) is 0 Å². The molecular formula is C25H33N5O7. The van der Waals surface area contributed by atoms with Crippen LogP contribution in [0.2, 0.25) is 0 Å². The largest absolute Gasteiger partial charge is 0.480 e. The number of hydrogen-bond donors (Lipinski definition) is 7. The van der Waals surface area contributed by atoms with Crippen molar-refractivity contribution in [2.75, 3.05) is 6.61 Å². The number of benzene rings is 1. The molecule has 1 heterocycles. The zero-order valence-electron chi connectivity index (χ0n) is 20.7. The van der Waals surface area contributed by atoms with Gasteiger partial charge in [-0.05, 0) is 30.5 Å². The van der Waals surface area contributed by atoms with Crippen molar-refractivity contribution < 1.29 is 34.2 Å². The number of hydrogen-bond acceptors (Lipinski definition) is 6. The first kappa shape index (κ1) is 29.0. The third kappa shape index (κ3) is 8.76. The summed E-state index contributed by atoms with van der Waals surface area (Å²) in [7, 11) is 0. The Hall–Kier alpha value is -4.19. The van der Waals surface area contributed by atoms with Gasteiger partial charge in [-0.15, -0.1) is 0 Å². The summed E-state index contributed by atoms with van der Waals surface area (Å²) in [5.41, 5.74) is 0.835. The smallest absolute Gasteiger partial charge is 0.326 e. The van der Waals surface area contributed by atoms with Crippen LogP contribution in [0.1, 0.15) is 55.2 Å². The molecule has 4 amide bonds. The summed E-state index contributed by atoms with van der Waals surface area (Å²) in [5.74, 6) is -3.69. The van der Waals surface area contributed by atoms with Crippen LogP contribution in [-0.2, 0) is 19.2 Å². The number of aromatic nitrogens is 1. The highest BCUT2D eigenvalue weighted by atomic mass is 16.4. The molecule has 0 aliphatic rings. The average Bonchev–Trinajstić information content (AvgIpc) is 3.43. The maximum Gasteiger partial charge on any atom is 0.326 e. The minimum atomic E-state index is -1.36. The van der Waals surface area contributed by atoms with Crippen LogP contribution in [0.4, 0.5) is 0 Å². The number of nitrogens with one attached hydrogen (secondary N) is 5.